The Labute approximate surface area is 189 Å². The van der Waals surface area contributed by atoms with Gasteiger partial charge in [-0.2, -0.15) is 4.31 Å². The molecule has 0 aromatic heterocycles. The minimum Gasteiger partial charge on any atom is -0.305 e. The number of carbonyl (C=O) groups is 1. The van der Waals surface area contributed by atoms with Crippen molar-refractivity contribution in [3.8, 4) is 0 Å². The highest BCUT2D eigenvalue weighted by Gasteiger charge is 2.31. The number of hydrogen-bond donors (Lipinski definition) is 0. The molecule has 0 fully saturated rings. The lowest BCUT2D eigenvalue weighted by atomic mass is 10.1. The quantitative estimate of drug-likeness (QED) is 0.496. The Morgan fingerprint density at radius 2 is 1.69 bits per heavy atom. The number of rotatable bonds is 7. The zero-order chi connectivity index (χ0) is 22.7. The molecule has 0 saturated heterocycles. The maximum absolute atomic E-state index is 13.2. The van der Waals surface area contributed by atoms with E-state index in [0.717, 1.165) is 17.7 Å². The van der Waals surface area contributed by atoms with Crippen LogP contribution < -0.4 is 4.90 Å². The molecule has 1 aliphatic heterocycles. The third-order valence-electron chi connectivity index (χ3n) is 5.70. The van der Waals surface area contributed by atoms with Gasteiger partial charge in [0.2, 0.25) is 10.0 Å². The molecule has 1 heterocycles. The lowest BCUT2D eigenvalue weighted by molar-refractivity contribution is 0.0981. The highest BCUT2D eigenvalue weighted by Crippen LogP contribution is 2.33. The Hall–Kier alpha value is -3.22. The van der Waals surface area contributed by atoms with E-state index >= 15 is 0 Å². The van der Waals surface area contributed by atoms with Crippen LogP contribution in [0.1, 0.15) is 28.4 Å². The summed E-state index contributed by atoms with van der Waals surface area (Å²) in [4.78, 5) is 15.3. The first-order valence-corrected chi connectivity index (χ1v) is 12.0. The topological polar surface area (TPSA) is 57.7 Å². The fourth-order valence-corrected chi connectivity index (χ4v) is 5.52. The first-order valence-electron chi connectivity index (χ1n) is 10.6. The number of carbonyl (C=O) groups excluding carboxylic acids is 1. The maximum atomic E-state index is 13.2. The van der Waals surface area contributed by atoms with E-state index < -0.39 is 10.0 Å². The van der Waals surface area contributed by atoms with Gasteiger partial charge in [-0.05, 0) is 54.8 Å². The zero-order valence-corrected chi connectivity index (χ0v) is 18.8. The van der Waals surface area contributed by atoms with Gasteiger partial charge in [-0.3, -0.25) is 4.79 Å². The highest BCUT2D eigenvalue weighted by atomic mass is 32.2. The second-order valence-electron chi connectivity index (χ2n) is 7.95. The SMILES string of the molecule is C=CCN(Cc1ccc(C(=O)N2c3ccccc3C[C@H]2C)cc1)S(=O)(=O)c1ccccc1. The molecule has 0 spiro atoms. The minimum absolute atomic E-state index is 0.0474. The van der Waals surface area contributed by atoms with E-state index in [1.54, 1.807) is 48.5 Å². The van der Waals surface area contributed by atoms with Crippen molar-refractivity contribution >= 4 is 21.6 Å². The molecule has 0 unspecified atom stereocenters. The number of nitrogens with zero attached hydrogens (tertiary/aromatic N) is 2. The van der Waals surface area contributed by atoms with Crippen LogP contribution in [0.3, 0.4) is 0 Å². The van der Waals surface area contributed by atoms with E-state index in [2.05, 4.69) is 12.6 Å². The van der Waals surface area contributed by atoms with Gasteiger partial charge in [0.25, 0.3) is 5.91 Å². The maximum Gasteiger partial charge on any atom is 0.258 e. The highest BCUT2D eigenvalue weighted by molar-refractivity contribution is 7.89. The van der Waals surface area contributed by atoms with Crippen molar-refractivity contribution in [2.24, 2.45) is 0 Å². The molecule has 0 N–H and O–H groups in total. The molecule has 4 rings (SSSR count). The summed E-state index contributed by atoms with van der Waals surface area (Å²) in [6.45, 7) is 6.14. The molecular formula is C26H26N2O3S. The van der Waals surface area contributed by atoms with E-state index in [1.807, 2.05) is 42.2 Å². The van der Waals surface area contributed by atoms with E-state index in [1.165, 1.54) is 9.87 Å². The Morgan fingerprint density at radius 3 is 2.38 bits per heavy atom. The van der Waals surface area contributed by atoms with Gasteiger partial charge in [0.1, 0.15) is 0 Å². The van der Waals surface area contributed by atoms with Crippen LogP contribution in [0.25, 0.3) is 0 Å². The van der Waals surface area contributed by atoms with Crippen LogP contribution in [-0.4, -0.2) is 31.2 Å². The zero-order valence-electron chi connectivity index (χ0n) is 18.0. The molecule has 3 aromatic rings. The summed E-state index contributed by atoms with van der Waals surface area (Å²) in [7, 11) is -3.65. The average molecular weight is 447 g/mol. The third-order valence-corrected chi connectivity index (χ3v) is 7.53. The molecule has 32 heavy (non-hydrogen) atoms. The van der Waals surface area contributed by atoms with Gasteiger partial charge in [-0.25, -0.2) is 8.42 Å². The fraction of sp³-hybridized carbons (Fsp3) is 0.192. The molecule has 6 heteroatoms. The third kappa shape index (κ3) is 4.24. The number of sulfonamides is 1. The largest absolute Gasteiger partial charge is 0.305 e. The van der Waals surface area contributed by atoms with Gasteiger partial charge in [0.15, 0.2) is 0 Å². The van der Waals surface area contributed by atoms with Gasteiger partial charge in [0.05, 0.1) is 4.90 Å². The van der Waals surface area contributed by atoms with Crippen molar-refractivity contribution in [1.82, 2.24) is 4.31 Å². The normalized spacial score (nSPS) is 15.6. The number of fused-ring (bicyclic) bond motifs is 1. The molecule has 0 aliphatic carbocycles. The van der Waals surface area contributed by atoms with Gasteiger partial charge < -0.3 is 4.90 Å². The molecule has 164 valence electrons. The number of hydrogen-bond acceptors (Lipinski definition) is 3. The molecule has 0 radical (unpaired) electrons. The van der Waals surface area contributed by atoms with E-state index in [-0.39, 0.29) is 29.9 Å². The van der Waals surface area contributed by atoms with E-state index in [4.69, 9.17) is 0 Å². The average Bonchev–Trinajstić information content (AvgIpc) is 3.15. The van der Waals surface area contributed by atoms with Crippen molar-refractivity contribution in [2.45, 2.75) is 30.8 Å². The van der Waals surface area contributed by atoms with Crippen LogP contribution in [0.15, 0.2) is 96.4 Å². The summed E-state index contributed by atoms with van der Waals surface area (Å²) in [5.74, 6) is -0.0474. The minimum atomic E-state index is -3.65. The molecular weight excluding hydrogens is 420 g/mol. The summed E-state index contributed by atoms with van der Waals surface area (Å²) >= 11 is 0. The van der Waals surface area contributed by atoms with Crippen LogP contribution in [0, 0.1) is 0 Å². The molecule has 1 aliphatic rings. The van der Waals surface area contributed by atoms with E-state index in [9.17, 15) is 13.2 Å². The van der Waals surface area contributed by atoms with Crippen molar-refractivity contribution in [3.05, 3.63) is 108 Å². The Bertz CT molecular complexity index is 1220. The number of para-hydroxylation sites is 1. The van der Waals surface area contributed by atoms with Crippen LogP contribution >= 0.6 is 0 Å². The summed E-state index contributed by atoms with van der Waals surface area (Å²) < 4.78 is 27.5. The first-order chi connectivity index (χ1) is 15.4. The first kappa shape index (κ1) is 22.0. The smallest absolute Gasteiger partial charge is 0.258 e. The summed E-state index contributed by atoms with van der Waals surface area (Å²) in [6, 6.07) is 23.6. The van der Waals surface area contributed by atoms with Crippen molar-refractivity contribution in [3.63, 3.8) is 0 Å². The van der Waals surface area contributed by atoms with Gasteiger partial charge in [0, 0.05) is 30.4 Å². The van der Waals surface area contributed by atoms with E-state index in [0.29, 0.717) is 5.56 Å². The number of benzene rings is 3. The standard InChI is InChI=1S/C26H26N2O3S/c1-3-17-27(32(30,31)24-10-5-4-6-11-24)19-21-13-15-22(16-14-21)26(29)28-20(2)18-23-9-7-8-12-25(23)28/h3-16,20H,1,17-19H2,2H3/t20-/m1/s1. The van der Waals surface area contributed by atoms with Crippen LogP contribution in [0.5, 0.6) is 0 Å². The monoisotopic (exact) mass is 446 g/mol. The van der Waals surface area contributed by atoms with Crippen molar-refractivity contribution in [1.29, 1.82) is 0 Å². The Kier molecular flexibility index (Phi) is 6.26. The predicted molar refractivity (Wildman–Crippen MR) is 127 cm³/mol. The summed E-state index contributed by atoms with van der Waals surface area (Å²) in [5, 5.41) is 0. The summed E-state index contributed by atoms with van der Waals surface area (Å²) in [6.07, 6.45) is 2.42. The Balaban J connectivity index is 1.54. The van der Waals surface area contributed by atoms with Gasteiger partial charge >= 0.3 is 0 Å². The fourth-order valence-electron chi connectivity index (χ4n) is 4.10. The van der Waals surface area contributed by atoms with Crippen LogP contribution in [-0.2, 0) is 23.0 Å². The van der Waals surface area contributed by atoms with Crippen molar-refractivity contribution in [2.75, 3.05) is 11.4 Å². The summed E-state index contributed by atoms with van der Waals surface area (Å²) in [5.41, 5.74) is 3.52. The van der Waals surface area contributed by atoms with Crippen LogP contribution in [0.2, 0.25) is 0 Å². The predicted octanol–water partition coefficient (Wildman–Crippen LogP) is 4.65. The molecule has 0 bridgehead atoms. The molecule has 1 amide bonds. The van der Waals surface area contributed by atoms with Gasteiger partial charge in [-0.1, -0.05) is 54.6 Å². The van der Waals surface area contributed by atoms with Gasteiger partial charge in [-0.15, -0.1) is 6.58 Å². The molecule has 5 nitrogen and oxygen atoms in total. The van der Waals surface area contributed by atoms with Crippen molar-refractivity contribution < 1.29 is 13.2 Å². The second kappa shape index (κ2) is 9.10. The van der Waals surface area contributed by atoms with Crippen LogP contribution in [0.4, 0.5) is 5.69 Å². The lowest BCUT2D eigenvalue weighted by Crippen LogP contribution is -2.35. The second-order valence-corrected chi connectivity index (χ2v) is 9.89. The molecule has 3 aromatic carbocycles. The molecule has 1 atom stereocenters. The molecule has 0 saturated carbocycles. The Morgan fingerprint density at radius 1 is 1.03 bits per heavy atom. The lowest BCUT2D eigenvalue weighted by Gasteiger charge is -2.23. The number of amides is 1. The number of anilines is 1.